The lowest BCUT2D eigenvalue weighted by molar-refractivity contribution is 0.895. The number of hydrogen-bond donors (Lipinski definition) is 0. The third-order valence-electron chi connectivity index (χ3n) is 2.75. The Hall–Kier alpha value is -1.74. The van der Waals surface area contributed by atoms with E-state index >= 15 is 0 Å². The molecule has 0 amide bonds. The molecule has 0 bridgehead atoms. The van der Waals surface area contributed by atoms with Gasteiger partial charge in [0.05, 0.1) is 11.2 Å². The summed E-state index contributed by atoms with van der Waals surface area (Å²) >= 11 is 1.75. The fourth-order valence-corrected chi connectivity index (χ4v) is 2.24. The molecule has 1 heterocycles. The summed E-state index contributed by atoms with van der Waals surface area (Å²) in [6.45, 7) is 0. The molecule has 0 saturated heterocycles. The molecule has 3 heteroatoms. The van der Waals surface area contributed by atoms with Crippen LogP contribution in [0.4, 0.5) is 0 Å². The number of thioether (sulfide) groups is 1. The lowest BCUT2D eigenvalue weighted by Gasteiger charge is -2.01. The van der Waals surface area contributed by atoms with Crippen LogP contribution in [-0.2, 0) is 0 Å². The van der Waals surface area contributed by atoms with Gasteiger partial charge in [-0.25, -0.2) is 4.68 Å². The zero-order valence-corrected chi connectivity index (χ0v) is 10.3. The van der Waals surface area contributed by atoms with Crippen molar-refractivity contribution in [3.05, 3.63) is 54.7 Å². The molecule has 0 aliphatic carbocycles. The summed E-state index contributed by atoms with van der Waals surface area (Å²) in [6.07, 6.45) is 4.14. The molecule has 2 nitrogen and oxygen atoms in total. The van der Waals surface area contributed by atoms with Gasteiger partial charge in [-0.3, -0.25) is 0 Å². The maximum atomic E-state index is 4.55. The minimum absolute atomic E-state index is 1.03. The Morgan fingerprint density at radius 1 is 1.00 bits per heavy atom. The Bertz CT molecular complexity index is 608. The molecule has 84 valence electrons. The van der Waals surface area contributed by atoms with Crippen molar-refractivity contribution in [2.24, 2.45) is 0 Å². The Morgan fingerprint density at radius 3 is 2.47 bits per heavy atom. The first-order valence-electron chi connectivity index (χ1n) is 5.46. The molecule has 0 spiro atoms. The molecular formula is C14H12N2S. The zero-order valence-electron chi connectivity index (χ0n) is 9.50. The number of hydrogen-bond acceptors (Lipinski definition) is 2. The minimum Gasteiger partial charge on any atom is -0.240 e. The smallest absolute Gasteiger partial charge is 0.0927 e. The van der Waals surface area contributed by atoms with Crippen molar-refractivity contribution in [1.82, 2.24) is 9.78 Å². The van der Waals surface area contributed by atoms with Gasteiger partial charge < -0.3 is 0 Å². The van der Waals surface area contributed by atoms with E-state index in [1.807, 2.05) is 22.9 Å². The molecule has 0 saturated carbocycles. The van der Waals surface area contributed by atoms with Gasteiger partial charge in [-0.05, 0) is 36.6 Å². The number of aromatic nitrogens is 2. The van der Waals surface area contributed by atoms with Crippen molar-refractivity contribution >= 4 is 22.7 Å². The van der Waals surface area contributed by atoms with Crippen molar-refractivity contribution in [1.29, 1.82) is 0 Å². The first-order valence-corrected chi connectivity index (χ1v) is 6.68. The summed E-state index contributed by atoms with van der Waals surface area (Å²) in [5.41, 5.74) is 2.13. The highest BCUT2D eigenvalue weighted by Gasteiger charge is 2.01. The van der Waals surface area contributed by atoms with Gasteiger partial charge in [0.1, 0.15) is 0 Å². The fraction of sp³-hybridized carbons (Fsp3) is 0.0714. The summed E-state index contributed by atoms with van der Waals surface area (Å²) in [6, 6.07) is 16.6. The van der Waals surface area contributed by atoms with Crippen molar-refractivity contribution in [2.75, 3.05) is 6.26 Å². The fourth-order valence-electron chi connectivity index (χ4n) is 1.83. The first-order chi connectivity index (χ1) is 8.36. The number of rotatable bonds is 2. The molecule has 2 aromatic carbocycles. The topological polar surface area (TPSA) is 17.8 Å². The van der Waals surface area contributed by atoms with Crippen LogP contribution in [0.2, 0.25) is 0 Å². The molecule has 1 aromatic heterocycles. The van der Waals surface area contributed by atoms with Crippen LogP contribution in [0.25, 0.3) is 16.6 Å². The molecule has 0 atom stereocenters. The largest absolute Gasteiger partial charge is 0.240 e. The van der Waals surface area contributed by atoms with Gasteiger partial charge in [0.25, 0.3) is 0 Å². The predicted octanol–water partition coefficient (Wildman–Crippen LogP) is 3.75. The van der Waals surface area contributed by atoms with E-state index in [9.17, 15) is 0 Å². The summed E-state index contributed by atoms with van der Waals surface area (Å²) < 4.78 is 1.93. The van der Waals surface area contributed by atoms with E-state index in [0.29, 0.717) is 0 Å². The van der Waals surface area contributed by atoms with Crippen LogP contribution >= 0.6 is 11.8 Å². The van der Waals surface area contributed by atoms with E-state index < -0.39 is 0 Å². The van der Waals surface area contributed by atoms with E-state index in [4.69, 9.17) is 0 Å². The van der Waals surface area contributed by atoms with Crippen molar-refractivity contribution < 1.29 is 0 Å². The van der Waals surface area contributed by atoms with E-state index in [2.05, 4.69) is 47.9 Å². The molecule has 17 heavy (non-hydrogen) atoms. The number of benzene rings is 2. The number of nitrogens with zero attached hydrogens (tertiary/aromatic N) is 2. The quantitative estimate of drug-likeness (QED) is 0.635. The van der Waals surface area contributed by atoms with E-state index in [1.54, 1.807) is 11.8 Å². The SMILES string of the molecule is CSc1ccc(-n2cc3ccccc3n2)cc1. The Morgan fingerprint density at radius 2 is 1.76 bits per heavy atom. The average Bonchev–Trinajstić information content (AvgIpc) is 2.82. The van der Waals surface area contributed by atoms with Crippen LogP contribution < -0.4 is 0 Å². The van der Waals surface area contributed by atoms with E-state index in [0.717, 1.165) is 11.2 Å². The van der Waals surface area contributed by atoms with Crippen molar-refractivity contribution in [3.63, 3.8) is 0 Å². The van der Waals surface area contributed by atoms with Gasteiger partial charge >= 0.3 is 0 Å². The van der Waals surface area contributed by atoms with Gasteiger partial charge in [0.15, 0.2) is 0 Å². The standard InChI is InChI=1S/C14H12N2S/c1-17-13-8-6-12(7-9-13)16-10-11-4-2-3-5-14(11)15-16/h2-10H,1H3. The maximum Gasteiger partial charge on any atom is 0.0927 e. The van der Waals surface area contributed by atoms with E-state index in [1.165, 1.54) is 10.3 Å². The Labute approximate surface area is 104 Å². The van der Waals surface area contributed by atoms with Gasteiger partial charge in [0, 0.05) is 16.5 Å². The van der Waals surface area contributed by atoms with Crippen LogP contribution in [-0.4, -0.2) is 16.0 Å². The minimum atomic E-state index is 1.03. The molecule has 0 fully saturated rings. The van der Waals surface area contributed by atoms with E-state index in [-0.39, 0.29) is 0 Å². The lowest BCUT2D eigenvalue weighted by atomic mass is 10.3. The zero-order chi connectivity index (χ0) is 11.7. The molecule has 3 rings (SSSR count). The second kappa shape index (κ2) is 4.26. The predicted molar refractivity (Wildman–Crippen MR) is 72.9 cm³/mol. The molecule has 0 N–H and O–H groups in total. The highest BCUT2D eigenvalue weighted by Crippen LogP contribution is 2.19. The molecule has 0 unspecified atom stereocenters. The van der Waals surface area contributed by atoms with Gasteiger partial charge in [0.2, 0.25) is 0 Å². The van der Waals surface area contributed by atoms with Crippen LogP contribution in [0, 0.1) is 0 Å². The number of fused-ring (bicyclic) bond motifs is 1. The second-order valence-electron chi connectivity index (χ2n) is 3.83. The highest BCUT2D eigenvalue weighted by molar-refractivity contribution is 7.98. The van der Waals surface area contributed by atoms with Crippen LogP contribution in [0.3, 0.4) is 0 Å². The summed E-state index contributed by atoms with van der Waals surface area (Å²) in [7, 11) is 0. The van der Waals surface area contributed by atoms with Crippen molar-refractivity contribution in [2.45, 2.75) is 4.90 Å². The summed E-state index contributed by atoms with van der Waals surface area (Å²) in [4.78, 5) is 1.27. The molecule has 0 aliphatic heterocycles. The first kappa shape index (κ1) is 10.4. The summed E-state index contributed by atoms with van der Waals surface area (Å²) in [5, 5.41) is 5.72. The summed E-state index contributed by atoms with van der Waals surface area (Å²) in [5.74, 6) is 0. The Kier molecular flexibility index (Phi) is 2.61. The van der Waals surface area contributed by atoms with Gasteiger partial charge in [-0.1, -0.05) is 18.2 Å². The lowest BCUT2D eigenvalue weighted by Crippen LogP contribution is -1.93. The van der Waals surface area contributed by atoms with Crippen LogP contribution in [0.15, 0.2) is 59.6 Å². The monoisotopic (exact) mass is 240 g/mol. The van der Waals surface area contributed by atoms with Gasteiger partial charge in [-0.2, -0.15) is 5.10 Å². The third kappa shape index (κ3) is 1.94. The Balaban J connectivity index is 2.07. The average molecular weight is 240 g/mol. The molecule has 0 aliphatic rings. The van der Waals surface area contributed by atoms with Crippen LogP contribution in [0.1, 0.15) is 0 Å². The van der Waals surface area contributed by atoms with Crippen molar-refractivity contribution in [3.8, 4) is 5.69 Å². The van der Waals surface area contributed by atoms with Gasteiger partial charge in [-0.15, -0.1) is 11.8 Å². The maximum absolute atomic E-state index is 4.55. The normalized spacial score (nSPS) is 10.9. The molecule has 0 radical (unpaired) electrons. The molecular weight excluding hydrogens is 228 g/mol. The van der Waals surface area contributed by atoms with Crippen LogP contribution in [0.5, 0.6) is 0 Å². The molecule has 3 aromatic rings. The second-order valence-corrected chi connectivity index (χ2v) is 4.71. The third-order valence-corrected chi connectivity index (χ3v) is 3.49. The highest BCUT2D eigenvalue weighted by atomic mass is 32.2.